The molecule has 1 aromatic rings. The first-order valence-corrected chi connectivity index (χ1v) is 8.19. The van der Waals surface area contributed by atoms with Gasteiger partial charge < -0.3 is 5.73 Å². The van der Waals surface area contributed by atoms with Crippen LogP contribution in [0.5, 0.6) is 0 Å². The van der Waals surface area contributed by atoms with E-state index in [1.165, 1.54) is 11.3 Å². The van der Waals surface area contributed by atoms with Gasteiger partial charge in [0.25, 0.3) is 0 Å². The Labute approximate surface area is 129 Å². The highest BCUT2D eigenvalue weighted by atomic mass is 32.2. The Bertz CT molecular complexity index is 558. The number of imide groups is 1. The second-order valence-corrected chi connectivity index (χ2v) is 6.58. The van der Waals surface area contributed by atoms with E-state index in [9.17, 15) is 14.4 Å². The minimum absolute atomic E-state index is 0.0166. The number of nitrogens with one attached hydrogen (secondary N) is 1. The molecule has 3 N–H and O–H groups in total. The van der Waals surface area contributed by atoms with Gasteiger partial charge in [-0.05, 0) is 12.8 Å². The molecule has 0 spiro atoms. The van der Waals surface area contributed by atoms with Crippen LogP contribution in [-0.2, 0) is 9.59 Å². The number of urea groups is 1. The molecule has 8 nitrogen and oxygen atoms in total. The van der Waals surface area contributed by atoms with Crippen LogP contribution in [0, 0.1) is 0 Å². The van der Waals surface area contributed by atoms with E-state index in [2.05, 4.69) is 10.2 Å². The number of anilines is 1. The second-order valence-electron chi connectivity index (χ2n) is 4.40. The monoisotopic (exact) mass is 329 g/mol. The second kappa shape index (κ2) is 6.85. The predicted octanol–water partition coefficient (Wildman–Crippen LogP) is 0.730. The molecule has 0 radical (unpaired) electrons. The smallest absolute Gasteiger partial charge is 0.318 e. The third kappa shape index (κ3) is 4.39. The quantitative estimate of drug-likeness (QED) is 0.587. The lowest BCUT2D eigenvalue weighted by Gasteiger charge is -2.17. The molecule has 2 rings (SSSR count). The van der Waals surface area contributed by atoms with Gasteiger partial charge in [-0.2, -0.15) is 0 Å². The first-order valence-electron chi connectivity index (χ1n) is 6.39. The number of nitrogens with two attached hydrogens (primary N) is 1. The fourth-order valence-corrected chi connectivity index (χ4v) is 3.36. The van der Waals surface area contributed by atoms with E-state index in [0.717, 1.165) is 24.6 Å². The Balaban J connectivity index is 1.95. The summed E-state index contributed by atoms with van der Waals surface area (Å²) >= 11 is 2.41. The Kier molecular flexibility index (Phi) is 5.12. The lowest BCUT2D eigenvalue weighted by Crippen LogP contribution is -2.36. The van der Waals surface area contributed by atoms with Gasteiger partial charge in [0, 0.05) is 12.5 Å². The number of aromatic nitrogens is 2. The zero-order chi connectivity index (χ0) is 15.4. The maximum absolute atomic E-state index is 11.9. The number of primary amides is 1. The van der Waals surface area contributed by atoms with Crippen molar-refractivity contribution in [3.05, 3.63) is 0 Å². The molecule has 1 fully saturated rings. The summed E-state index contributed by atoms with van der Waals surface area (Å²) in [6, 6.07) is -0.659. The molecule has 1 aliphatic carbocycles. The number of thioether (sulfide) groups is 1. The standard InChI is InChI=1S/C11H15N5O3S2/c1-2-8(18)16(6-3-4-6)10-14-15-11(21-10)20-5-7(17)13-9(12)19/h6H,2-5H2,1H3,(H3,12,13,17,19). The zero-order valence-electron chi connectivity index (χ0n) is 11.4. The molecule has 114 valence electrons. The number of hydrogen-bond donors (Lipinski definition) is 2. The first-order chi connectivity index (χ1) is 10.0. The number of carbonyl (C=O) groups excluding carboxylic acids is 3. The molecule has 4 amide bonds. The largest absolute Gasteiger partial charge is 0.351 e. The van der Waals surface area contributed by atoms with Crippen molar-refractivity contribution in [2.24, 2.45) is 5.73 Å². The van der Waals surface area contributed by atoms with Crippen LogP contribution in [0.1, 0.15) is 26.2 Å². The summed E-state index contributed by atoms with van der Waals surface area (Å²) in [5, 5.41) is 10.5. The van der Waals surface area contributed by atoms with Crippen molar-refractivity contribution in [1.82, 2.24) is 15.5 Å². The molecule has 1 aliphatic rings. The fraction of sp³-hybridized carbons (Fsp3) is 0.545. The maximum Gasteiger partial charge on any atom is 0.318 e. The molecule has 0 atom stereocenters. The van der Waals surface area contributed by atoms with Crippen molar-refractivity contribution in [1.29, 1.82) is 0 Å². The van der Waals surface area contributed by atoms with Crippen LogP contribution in [0.15, 0.2) is 4.34 Å². The van der Waals surface area contributed by atoms with Gasteiger partial charge in [0.2, 0.25) is 16.9 Å². The van der Waals surface area contributed by atoms with Crippen LogP contribution in [0.3, 0.4) is 0 Å². The van der Waals surface area contributed by atoms with Crippen LogP contribution in [-0.4, -0.2) is 39.8 Å². The highest BCUT2D eigenvalue weighted by molar-refractivity contribution is 8.01. The SMILES string of the molecule is CCC(=O)N(c1nnc(SCC(=O)NC(N)=O)s1)C1CC1. The average molecular weight is 329 g/mol. The summed E-state index contributed by atoms with van der Waals surface area (Å²) in [7, 11) is 0. The van der Waals surface area contributed by atoms with E-state index in [0.29, 0.717) is 15.9 Å². The average Bonchev–Trinajstić information content (AvgIpc) is 3.14. The number of nitrogens with zero attached hydrogens (tertiary/aromatic N) is 3. The molecule has 21 heavy (non-hydrogen) atoms. The molecule has 0 unspecified atom stereocenters. The normalized spacial score (nSPS) is 13.8. The van der Waals surface area contributed by atoms with Crippen LogP contribution in [0.25, 0.3) is 0 Å². The van der Waals surface area contributed by atoms with Crippen molar-refractivity contribution >= 4 is 46.1 Å². The van der Waals surface area contributed by atoms with Crippen molar-refractivity contribution in [3.63, 3.8) is 0 Å². The lowest BCUT2D eigenvalue weighted by molar-refractivity contribution is -0.118. The topological polar surface area (TPSA) is 118 Å². The van der Waals surface area contributed by atoms with E-state index >= 15 is 0 Å². The molecule has 0 aromatic carbocycles. The van der Waals surface area contributed by atoms with Gasteiger partial charge in [0.05, 0.1) is 5.75 Å². The van der Waals surface area contributed by atoms with Crippen molar-refractivity contribution in [2.45, 2.75) is 36.6 Å². The molecular formula is C11H15N5O3S2. The van der Waals surface area contributed by atoms with E-state index in [1.54, 1.807) is 4.90 Å². The van der Waals surface area contributed by atoms with Gasteiger partial charge in [0.15, 0.2) is 4.34 Å². The third-order valence-electron chi connectivity index (χ3n) is 2.67. The van der Waals surface area contributed by atoms with Crippen LogP contribution < -0.4 is 16.0 Å². The minimum atomic E-state index is -0.882. The summed E-state index contributed by atoms with van der Waals surface area (Å²) < 4.78 is 0.569. The van der Waals surface area contributed by atoms with Gasteiger partial charge in [-0.15, -0.1) is 10.2 Å². The summed E-state index contributed by atoms with van der Waals surface area (Å²) in [5.41, 5.74) is 4.85. The minimum Gasteiger partial charge on any atom is -0.351 e. The van der Waals surface area contributed by atoms with Crippen molar-refractivity contribution in [2.75, 3.05) is 10.7 Å². The van der Waals surface area contributed by atoms with Crippen molar-refractivity contribution < 1.29 is 14.4 Å². The Morgan fingerprint density at radius 2 is 2.14 bits per heavy atom. The lowest BCUT2D eigenvalue weighted by atomic mass is 10.4. The molecule has 0 saturated heterocycles. The molecule has 1 heterocycles. The third-order valence-corrected chi connectivity index (χ3v) is 4.73. The summed E-state index contributed by atoms with van der Waals surface area (Å²) in [5.74, 6) is -0.451. The fourth-order valence-electron chi connectivity index (χ4n) is 1.63. The zero-order valence-corrected chi connectivity index (χ0v) is 13.0. The summed E-state index contributed by atoms with van der Waals surface area (Å²) in [6.07, 6.45) is 2.38. The number of amides is 4. The molecule has 10 heteroatoms. The van der Waals surface area contributed by atoms with Gasteiger partial charge in [-0.3, -0.25) is 19.8 Å². The Hall–Kier alpha value is -1.68. The van der Waals surface area contributed by atoms with Gasteiger partial charge in [0.1, 0.15) is 0 Å². The maximum atomic E-state index is 11.9. The molecule has 0 aliphatic heterocycles. The first kappa shape index (κ1) is 15.7. The van der Waals surface area contributed by atoms with Gasteiger partial charge >= 0.3 is 6.03 Å². The van der Waals surface area contributed by atoms with Crippen LogP contribution >= 0.6 is 23.1 Å². The highest BCUT2D eigenvalue weighted by Gasteiger charge is 2.35. The van der Waals surface area contributed by atoms with Gasteiger partial charge in [-0.25, -0.2) is 4.79 Å². The Morgan fingerprint density at radius 1 is 1.43 bits per heavy atom. The van der Waals surface area contributed by atoms with Crippen LogP contribution in [0.4, 0.5) is 9.93 Å². The highest BCUT2D eigenvalue weighted by Crippen LogP contribution is 2.36. The van der Waals surface area contributed by atoms with E-state index in [1.807, 2.05) is 12.2 Å². The van der Waals surface area contributed by atoms with E-state index in [4.69, 9.17) is 5.73 Å². The van der Waals surface area contributed by atoms with Crippen molar-refractivity contribution in [3.8, 4) is 0 Å². The van der Waals surface area contributed by atoms with E-state index in [-0.39, 0.29) is 17.7 Å². The Morgan fingerprint density at radius 3 is 2.71 bits per heavy atom. The number of hydrogen-bond acceptors (Lipinski definition) is 7. The van der Waals surface area contributed by atoms with Crippen LogP contribution in [0.2, 0.25) is 0 Å². The molecule has 1 saturated carbocycles. The van der Waals surface area contributed by atoms with Gasteiger partial charge in [-0.1, -0.05) is 30.0 Å². The molecular weight excluding hydrogens is 314 g/mol. The number of carbonyl (C=O) groups is 3. The predicted molar refractivity (Wildman–Crippen MR) is 79.2 cm³/mol. The molecule has 1 aromatic heterocycles. The van der Waals surface area contributed by atoms with E-state index < -0.39 is 11.9 Å². The summed E-state index contributed by atoms with van der Waals surface area (Å²) in [6.45, 7) is 1.81. The summed E-state index contributed by atoms with van der Waals surface area (Å²) in [4.78, 5) is 35.4. The number of rotatable bonds is 6. The molecule has 0 bridgehead atoms.